The Morgan fingerprint density at radius 2 is 1.73 bits per heavy atom. The molecule has 0 aliphatic carbocycles. The highest BCUT2D eigenvalue weighted by Crippen LogP contribution is 2.31. The third kappa shape index (κ3) is 2.97. The predicted molar refractivity (Wildman–Crippen MR) is 103 cm³/mol. The van der Waals surface area contributed by atoms with Crippen molar-refractivity contribution in [2.75, 3.05) is 26.3 Å². The maximum atomic E-state index is 13.4. The van der Waals surface area contributed by atoms with Crippen LogP contribution in [0.25, 0.3) is 22.2 Å². The number of pyridine rings is 1. The number of benzene rings is 2. The molecule has 0 saturated carbocycles. The topological polar surface area (TPSA) is 42.4 Å². The molecule has 1 aromatic heterocycles. The van der Waals surface area contributed by atoms with Crippen molar-refractivity contribution in [2.45, 2.75) is 13.3 Å². The molecule has 0 bridgehead atoms. The van der Waals surface area contributed by atoms with Gasteiger partial charge in [0.1, 0.15) is 0 Å². The molecular formula is C22H22N2O2. The summed E-state index contributed by atoms with van der Waals surface area (Å²) in [6.45, 7) is 4.57. The second-order valence-corrected chi connectivity index (χ2v) is 6.46. The molecular weight excluding hydrogens is 324 g/mol. The third-order valence-electron chi connectivity index (χ3n) is 4.91. The van der Waals surface area contributed by atoms with Gasteiger partial charge in [0.05, 0.1) is 30.0 Å². The van der Waals surface area contributed by atoms with Gasteiger partial charge in [-0.2, -0.15) is 0 Å². The summed E-state index contributed by atoms with van der Waals surface area (Å²) >= 11 is 0. The molecule has 0 N–H and O–H groups in total. The monoisotopic (exact) mass is 346 g/mol. The first-order valence-electron chi connectivity index (χ1n) is 9.13. The van der Waals surface area contributed by atoms with E-state index in [2.05, 4.69) is 19.1 Å². The van der Waals surface area contributed by atoms with Crippen LogP contribution in [0.4, 0.5) is 0 Å². The number of carbonyl (C=O) groups excluding carboxylic acids is 1. The summed E-state index contributed by atoms with van der Waals surface area (Å²) in [6.07, 6.45) is 0.757. The van der Waals surface area contributed by atoms with Crippen LogP contribution in [0.5, 0.6) is 0 Å². The number of rotatable bonds is 3. The molecule has 0 atom stereocenters. The molecule has 4 heteroatoms. The molecule has 4 nitrogen and oxygen atoms in total. The van der Waals surface area contributed by atoms with Crippen molar-refractivity contribution in [2.24, 2.45) is 0 Å². The molecule has 2 aromatic carbocycles. The Kier molecular flexibility index (Phi) is 4.67. The Morgan fingerprint density at radius 1 is 1.04 bits per heavy atom. The Bertz CT molecular complexity index is 932. The number of nitrogens with zero attached hydrogens (tertiary/aromatic N) is 2. The van der Waals surface area contributed by atoms with E-state index in [9.17, 15) is 4.79 Å². The Labute approximate surface area is 153 Å². The zero-order valence-corrected chi connectivity index (χ0v) is 14.9. The maximum absolute atomic E-state index is 13.4. The third-order valence-corrected chi connectivity index (χ3v) is 4.91. The van der Waals surface area contributed by atoms with Crippen LogP contribution in [0.2, 0.25) is 0 Å². The Morgan fingerprint density at radius 3 is 2.46 bits per heavy atom. The predicted octanol–water partition coefficient (Wildman–Crippen LogP) is 3.94. The molecule has 4 rings (SSSR count). The average molecular weight is 346 g/mol. The summed E-state index contributed by atoms with van der Waals surface area (Å²) in [5.41, 5.74) is 4.62. The second kappa shape index (κ2) is 7.26. The first kappa shape index (κ1) is 16.7. The van der Waals surface area contributed by atoms with E-state index in [0.29, 0.717) is 26.3 Å². The zero-order valence-electron chi connectivity index (χ0n) is 14.9. The Balaban J connectivity index is 1.95. The molecule has 0 spiro atoms. The molecule has 1 fully saturated rings. The van der Waals surface area contributed by atoms with Crippen molar-refractivity contribution in [3.63, 3.8) is 0 Å². The second-order valence-electron chi connectivity index (χ2n) is 6.46. The quantitative estimate of drug-likeness (QED) is 0.721. The SMILES string of the molecule is CCc1c(-c2ccccc2)nc2ccccc2c1C(=O)N1CCOCC1. The van der Waals surface area contributed by atoms with Gasteiger partial charge in [-0.1, -0.05) is 55.5 Å². The van der Waals surface area contributed by atoms with E-state index in [-0.39, 0.29) is 5.91 Å². The number of hydrogen-bond acceptors (Lipinski definition) is 3. The van der Waals surface area contributed by atoms with Gasteiger partial charge in [-0.15, -0.1) is 0 Å². The molecule has 26 heavy (non-hydrogen) atoms. The molecule has 1 aliphatic rings. The van der Waals surface area contributed by atoms with E-state index in [0.717, 1.165) is 39.7 Å². The Hall–Kier alpha value is -2.72. The van der Waals surface area contributed by atoms with Crippen molar-refractivity contribution < 1.29 is 9.53 Å². The van der Waals surface area contributed by atoms with Gasteiger partial charge in [-0.05, 0) is 18.1 Å². The summed E-state index contributed by atoms with van der Waals surface area (Å²) in [5.74, 6) is 0.0842. The fraction of sp³-hybridized carbons (Fsp3) is 0.273. The van der Waals surface area contributed by atoms with Gasteiger partial charge in [-0.3, -0.25) is 4.79 Å². The lowest BCUT2D eigenvalue weighted by atomic mass is 9.94. The minimum absolute atomic E-state index is 0.0842. The van der Waals surface area contributed by atoms with Gasteiger partial charge in [0.25, 0.3) is 5.91 Å². The lowest BCUT2D eigenvalue weighted by molar-refractivity contribution is 0.0303. The summed E-state index contributed by atoms with van der Waals surface area (Å²) in [7, 11) is 0. The van der Waals surface area contributed by atoms with Crippen molar-refractivity contribution in [1.82, 2.24) is 9.88 Å². The minimum Gasteiger partial charge on any atom is -0.378 e. The molecule has 0 radical (unpaired) electrons. The van der Waals surface area contributed by atoms with E-state index < -0.39 is 0 Å². The van der Waals surface area contributed by atoms with Crippen molar-refractivity contribution >= 4 is 16.8 Å². The van der Waals surface area contributed by atoms with Crippen LogP contribution < -0.4 is 0 Å². The molecule has 132 valence electrons. The largest absolute Gasteiger partial charge is 0.378 e. The highest BCUT2D eigenvalue weighted by molar-refractivity contribution is 6.09. The van der Waals surface area contributed by atoms with Crippen molar-refractivity contribution in [3.05, 3.63) is 65.7 Å². The van der Waals surface area contributed by atoms with Gasteiger partial charge < -0.3 is 9.64 Å². The summed E-state index contributed by atoms with van der Waals surface area (Å²) < 4.78 is 5.42. The van der Waals surface area contributed by atoms with E-state index in [1.54, 1.807) is 0 Å². The highest BCUT2D eigenvalue weighted by Gasteiger charge is 2.25. The van der Waals surface area contributed by atoms with Gasteiger partial charge in [0, 0.05) is 24.0 Å². The number of ether oxygens (including phenoxy) is 1. The number of amides is 1. The summed E-state index contributed by atoms with van der Waals surface area (Å²) in [4.78, 5) is 20.2. The number of para-hydroxylation sites is 1. The number of fused-ring (bicyclic) bond motifs is 1. The van der Waals surface area contributed by atoms with E-state index >= 15 is 0 Å². The van der Waals surface area contributed by atoms with E-state index in [1.165, 1.54) is 0 Å². The maximum Gasteiger partial charge on any atom is 0.255 e. The van der Waals surface area contributed by atoms with Gasteiger partial charge >= 0.3 is 0 Å². The van der Waals surface area contributed by atoms with Crippen LogP contribution in [0.15, 0.2) is 54.6 Å². The van der Waals surface area contributed by atoms with Crippen LogP contribution in [-0.2, 0) is 11.2 Å². The lowest BCUT2D eigenvalue weighted by Crippen LogP contribution is -2.41. The minimum atomic E-state index is 0.0842. The number of morpholine rings is 1. The number of hydrogen-bond donors (Lipinski definition) is 0. The molecule has 0 unspecified atom stereocenters. The number of carbonyl (C=O) groups is 1. The standard InChI is InChI=1S/C22H22N2O2/c1-2-17-20(22(25)24-12-14-26-15-13-24)18-10-6-7-11-19(18)23-21(17)16-8-4-3-5-9-16/h3-11H,2,12-15H2,1H3. The first-order chi connectivity index (χ1) is 12.8. The van der Waals surface area contributed by atoms with Gasteiger partial charge in [0.15, 0.2) is 0 Å². The van der Waals surface area contributed by atoms with Crippen LogP contribution in [0, 0.1) is 0 Å². The van der Waals surface area contributed by atoms with Gasteiger partial charge in [0.2, 0.25) is 0 Å². The molecule has 2 heterocycles. The highest BCUT2D eigenvalue weighted by atomic mass is 16.5. The molecule has 1 saturated heterocycles. The average Bonchev–Trinajstić information content (AvgIpc) is 2.73. The zero-order chi connectivity index (χ0) is 17.9. The van der Waals surface area contributed by atoms with Crippen LogP contribution in [0.1, 0.15) is 22.8 Å². The van der Waals surface area contributed by atoms with Gasteiger partial charge in [-0.25, -0.2) is 4.98 Å². The van der Waals surface area contributed by atoms with E-state index in [4.69, 9.17) is 9.72 Å². The lowest BCUT2D eigenvalue weighted by Gasteiger charge is -2.28. The fourth-order valence-corrected chi connectivity index (χ4v) is 3.60. The summed E-state index contributed by atoms with van der Waals surface area (Å²) in [5, 5.41) is 0.931. The van der Waals surface area contributed by atoms with Crippen molar-refractivity contribution in [3.8, 4) is 11.3 Å². The van der Waals surface area contributed by atoms with E-state index in [1.807, 2.05) is 47.4 Å². The molecule has 3 aromatic rings. The normalized spacial score (nSPS) is 14.6. The smallest absolute Gasteiger partial charge is 0.255 e. The van der Waals surface area contributed by atoms with Crippen LogP contribution in [0.3, 0.4) is 0 Å². The first-order valence-corrected chi connectivity index (χ1v) is 9.13. The number of aromatic nitrogens is 1. The van der Waals surface area contributed by atoms with Crippen molar-refractivity contribution in [1.29, 1.82) is 0 Å². The molecule has 1 amide bonds. The van der Waals surface area contributed by atoms with Crippen LogP contribution in [-0.4, -0.2) is 42.1 Å². The summed E-state index contributed by atoms with van der Waals surface area (Å²) in [6, 6.07) is 18.1. The fourth-order valence-electron chi connectivity index (χ4n) is 3.60. The van der Waals surface area contributed by atoms with Crippen LogP contribution >= 0.6 is 0 Å². The molecule has 1 aliphatic heterocycles.